The molecular weight excluding hydrogens is 354 g/mol. The third kappa shape index (κ3) is 2.79. The fourth-order valence-electron chi connectivity index (χ4n) is 3.64. The maximum atomic E-state index is 13.0. The van der Waals surface area contributed by atoms with Crippen molar-refractivity contribution < 1.29 is 8.78 Å². The topological polar surface area (TPSA) is 31.6 Å². The molecular formula is C24H16F2N2. The first-order valence-corrected chi connectivity index (χ1v) is 9.01. The van der Waals surface area contributed by atoms with Crippen LogP contribution >= 0.6 is 0 Å². The molecule has 28 heavy (non-hydrogen) atoms. The molecule has 0 radical (unpaired) electrons. The van der Waals surface area contributed by atoms with E-state index >= 15 is 0 Å². The van der Waals surface area contributed by atoms with Gasteiger partial charge in [0.05, 0.1) is 0 Å². The third-order valence-corrected chi connectivity index (χ3v) is 4.94. The van der Waals surface area contributed by atoms with E-state index in [0.29, 0.717) is 0 Å². The van der Waals surface area contributed by atoms with E-state index in [1.165, 1.54) is 12.1 Å². The summed E-state index contributed by atoms with van der Waals surface area (Å²) < 4.78 is 26.1. The van der Waals surface area contributed by atoms with Crippen LogP contribution in [-0.4, -0.2) is 9.97 Å². The van der Waals surface area contributed by atoms with Crippen LogP contribution in [0.3, 0.4) is 0 Å². The number of fused-ring (bicyclic) bond motifs is 6. The van der Waals surface area contributed by atoms with E-state index in [2.05, 4.69) is 9.97 Å². The molecule has 2 aromatic heterocycles. The normalized spacial score (nSPS) is 11.2. The first-order valence-electron chi connectivity index (χ1n) is 9.01. The lowest BCUT2D eigenvalue weighted by Gasteiger charge is -1.90. The number of hydrogen-bond donors (Lipinski definition) is 2. The van der Waals surface area contributed by atoms with E-state index in [9.17, 15) is 8.78 Å². The summed E-state index contributed by atoms with van der Waals surface area (Å²) in [4.78, 5) is 6.48. The molecule has 0 spiro atoms. The van der Waals surface area contributed by atoms with Crippen molar-refractivity contribution in [2.24, 2.45) is 0 Å². The second-order valence-electron chi connectivity index (χ2n) is 6.72. The van der Waals surface area contributed by atoms with Crippen LogP contribution in [0.1, 0.15) is 0 Å². The van der Waals surface area contributed by atoms with Crippen molar-refractivity contribution in [3.8, 4) is 0 Å². The lowest BCUT2D eigenvalue weighted by molar-refractivity contribution is 0.629. The van der Waals surface area contributed by atoms with Crippen molar-refractivity contribution in [1.82, 2.24) is 9.97 Å². The lowest BCUT2D eigenvalue weighted by atomic mass is 10.1. The Morgan fingerprint density at radius 2 is 0.821 bits per heavy atom. The van der Waals surface area contributed by atoms with E-state index in [1.54, 1.807) is 24.3 Å². The Hall–Kier alpha value is -3.66. The van der Waals surface area contributed by atoms with E-state index < -0.39 is 0 Å². The summed E-state index contributed by atoms with van der Waals surface area (Å²) in [6, 6.07) is 25.4. The quantitative estimate of drug-likeness (QED) is 0.291. The number of aromatic amines is 2. The van der Waals surface area contributed by atoms with Gasteiger partial charge < -0.3 is 9.97 Å². The second-order valence-corrected chi connectivity index (χ2v) is 6.72. The van der Waals surface area contributed by atoms with Gasteiger partial charge in [0.15, 0.2) is 0 Å². The number of H-pyrrole nitrogens is 2. The Balaban J connectivity index is 0.000000122. The number of benzene rings is 4. The highest BCUT2D eigenvalue weighted by Gasteiger charge is 2.04. The molecule has 6 rings (SSSR count). The highest BCUT2D eigenvalue weighted by molar-refractivity contribution is 6.07. The van der Waals surface area contributed by atoms with Crippen LogP contribution in [-0.2, 0) is 0 Å². The molecule has 0 atom stereocenters. The van der Waals surface area contributed by atoms with E-state index in [1.807, 2.05) is 48.5 Å². The van der Waals surface area contributed by atoms with Gasteiger partial charge in [-0.2, -0.15) is 0 Å². The number of hydrogen-bond acceptors (Lipinski definition) is 0. The number of aromatic nitrogens is 2. The summed E-state index contributed by atoms with van der Waals surface area (Å²) in [6.07, 6.45) is 0. The molecule has 136 valence electrons. The van der Waals surface area contributed by atoms with Crippen molar-refractivity contribution in [1.29, 1.82) is 0 Å². The molecule has 0 fully saturated rings. The molecule has 6 aromatic rings. The zero-order valence-corrected chi connectivity index (χ0v) is 14.8. The minimum Gasteiger partial charge on any atom is -0.355 e. The highest BCUT2D eigenvalue weighted by atomic mass is 19.1. The summed E-state index contributed by atoms with van der Waals surface area (Å²) in [5.74, 6) is -0.385. The summed E-state index contributed by atoms with van der Waals surface area (Å²) in [5.41, 5.74) is 4.06. The average Bonchev–Trinajstić information content (AvgIpc) is 3.26. The fraction of sp³-hybridized carbons (Fsp3) is 0. The standard InChI is InChI=1S/2C12H8FN/c2*13-8-5-6-12-10(7-8)9-3-1-2-4-11(9)14-12/h2*1-7,14H. The lowest BCUT2D eigenvalue weighted by Crippen LogP contribution is -1.71. The molecule has 0 saturated heterocycles. The SMILES string of the molecule is Fc1ccc2[nH]c3ccccc3c2c1.Fc1ccc2[nH]c3ccccc3c2c1. The minimum atomic E-state index is -0.192. The Kier molecular flexibility index (Phi) is 3.83. The number of para-hydroxylation sites is 2. The third-order valence-electron chi connectivity index (χ3n) is 4.94. The van der Waals surface area contributed by atoms with Gasteiger partial charge in [-0.25, -0.2) is 8.78 Å². The molecule has 0 aliphatic carbocycles. The maximum absolute atomic E-state index is 13.0. The number of nitrogens with one attached hydrogen (secondary N) is 2. The number of halogens is 2. The second kappa shape index (κ2) is 6.50. The van der Waals surface area contributed by atoms with Crippen LogP contribution in [0.5, 0.6) is 0 Å². The summed E-state index contributed by atoms with van der Waals surface area (Å²) in [6.45, 7) is 0. The fourth-order valence-corrected chi connectivity index (χ4v) is 3.64. The van der Waals surface area contributed by atoms with Gasteiger partial charge in [0, 0.05) is 43.6 Å². The zero-order valence-electron chi connectivity index (χ0n) is 14.8. The molecule has 0 aliphatic rings. The average molecular weight is 370 g/mol. The molecule has 4 heteroatoms. The van der Waals surface area contributed by atoms with Gasteiger partial charge in [0.1, 0.15) is 11.6 Å². The first-order chi connectivity index (χ1) is 13.7. The van der Waals surface area contributed by atoms with Crippen LogP contribution in [0.15, 0.2) is 84.9 Å². The molecule has 4 aromatic carbocycles. The summed E-state index contributed by atoms with van der Waals surface area (Å²) in [5, 5.41) is 4.03. The van der Waals surface area contributed by atoms with Crippen LogP contribution < -0.4 is 0 Å². The van der Waals surface area contributed by atoms with Gasteiger partial charge >= 0.3 is 0 Å². The van der Waals surface area contributed by atoms with Crippen molar-refractivity contribution in [2.45, 2.75) is 0 Å². The van der Waals surface area contributed by atoms with Gasteiger partial charge in [-0.05, 0) is 48.5 Å². The van der Waals surface area contributed by atoms with Gasteiger partial charge in [-0.15, -0.1) is 0 Å². The van der Waals surface area contributed by atoms with E-state index in [0.717, 1.165) is 43.6 Å². The van der Waals surface area contributed by atoms with E-state index in [-0.39, 0.29) is 11.6 Å². The van der Waals surface area contributed by atoms with Gasteiger partial charge in [0.25, 0.3) is 0 Å². The Labute approximate surface area is 159 Å². The molecule has 2 heterocycles. The Bertz CT molecular complexity index is 1330. The van der Waals surface area contributed by atoms with Crippen LogP contribution in [0.2, 0.25) is 0 Å². The first kappa shape index (κ1) is 16.5. The van der Waals surface area contributed by atoms with Gasteiger partial charge in [0.2, 0.25) is 0 Å². The highest BCUT2D eigenvalue weighted by Crippen LogP contribution is 2.26. The van der Waals surface area contributed by atoms with Crippen LogP contribution in [0, 0.1) is 11.6 Å². The van der Waals surface area contributed by atoms with Crippen molar-refractivity contribution in [3.05, 3.63) is 96.6 Å². The maximum Gasteiger partial charge on any atom is 0.123 e. The predicted molar refractivity (Wildman–Crippen MR) is 112 cm³/mol. The molecule has 0 unspecified atom stereocenters. The van der Waals surface area contributed by atoms with Crippen LogP contribution in [0.25, 0.3) is 43.6 Å². The summed E-state index contributed by atoms with van der Waals surface area (Å²) >= 11 is 0. The molecule has 0 aliphatic heterocycles. The van der Waals surface area contributed by atoms with Crippen molar-refractivity contribution in [3.63, 3.8) is 0 Å². The Morgan fingerprint density at radius 1 is 0.429 bits per heavy atom. The molecule has 0 amide bonds. The zero-order chi connectivity index (χ0) is 19.1. The van der Waals surface area contributed by atoms with Gasteiger partial charge in [-0.3, -0.25) is 0 Å². The minimum absolute atomic E-state index is 0.192. The van der Waals surface area contributed by atoms with Crippen molar-refractivity contribution >= 4 is 43.6 Å². The molecule has 2 N–H and O–H groups in total. The van der Waals surface area contributed by atoms with Gasteiger partial charge in [-0.1, -0.05) is 36.4 Å². The van der Waals surface area contributed by atoms with Crippen LogP contribution in [0.4, 0.5) is 8.78 Å². The Morgan fingerprint density at radius 3 is 1.29 bits per heavy atom. The molecule has 0 saturated carbocycles. The number of rotatable bonds is 0. The van der Waals surface area contributed by atoms with E-state index in [4.69, 9.17) is 0 Å². The predicted octanol–water partition coefficient (Wildman–Crippen LogP) is 6.92. The molecule has 0 bridgehead atoms. The monoisotopic (exact) mass is 370 g/mol. The smallest absolute Gasteiger partial charge is 0.123 e. The molecule has 2 nitrogen and oxygen atoms in total. The summed E-state index contributed by atoms with van der Waals surface area (Å²) in [7, 11) is 0. The van der Waals surface area contributed by atoms with Crippen molar-refractivity contribution in [2.75, 3.05) is 0 Å². The largest absolute Gasteiger partial charge is 0.355 e.